The normalized spacial score (nSPS) is 12.5. The van der Waals surface area contributed by atoms with Gasteiger partial charge < -0.3 is 19.7 Å². The monoisotopic (exact) mass is 417 g/mol. The molecule has 0 atom stereocenters. The summed E-state index contributed by atoms with van der Waals surface area (Å²) in [6.07, 6.45) is 1.73. The molecule has 31 heavy (non-hydrogen) atoms. The summed E-state index contributed by atoms with van der Waals surface area (Å²) in [6.45, 7) is 2.92. The van der Waals surface area contributed by atoms with E-state index < -0.39 is 0 Å². The Morgan fingerprint density at radius 3 is 2.65 bits per heavy atom. The lowest BCUT2D eigenvalue weighted by atomic mass is 10.2. The van der Waals surface area contributed by atoms with Gasteiger partial charge in [0, 0.05) is 18.9 Å². The van der Waals surface area contributed by atoms with Crippen LogP contribution in [-0.2, 0) is 9.59 Å². The Balaban J connectivity index is 1.28. The van der Waals surface area contributed by atoms with E-state index in [1.807, 2.05) is 55.5 Å². The van der Waals surface area contributed by atoms with Crippen LogP contribution < -0.4 is 19.7 Å². The van der Waals surface area contributed by atoms with Gasteiger partial charge in [0.15, 0.2) is 0 Å². The van der Waals surface area contributed by atoms with Gasteiger partial charge in [0.05, 0.1) is 24.1 Å². The third-order valence-electron chi connectivity index (χ3n) is 4.86. The van der Waals surface area contributed by atoms with E-state index in [1.165, 1.54) is 6.20 Å². The van der Waals surface area contributed by atoms with Crippen molar-refractivity contribution in [1.29, 1.82) is 0 Å². The molecule has 0 bridgehead atoms. The van der Waals surface area contributed by atoms with Crippen LogP contribution in [0.5, 0.6) is 17.4 Å². The van der Waals surface area contributed by atoms with Gasteiger partial charge in [-0.15, -0.1) is 0 Å². The molecule has 2 amide bonds. The molecule has 1 aliphatic heterocycles. The molecule has 1 aliphatic rings. The Labute approximate surface area is 180 Å². The first-order chi connectivity index (χ1) is 15.1. The SMILES string of the molecule is Cc1ccc(Oc2ccc(NC(=O)CCC(=O)N3CCOc4ccccc43)cn2)cc1. The Kier molecular flexibility index (Phi) is 6.12. The second-order valence-electron chi connectivity index (χ2n) is 7.21. The van der Waals surface area contributed by atoms with E-state index in [4.69, 9.17) is 9.47 Å². The van der Waals surface area contributed by atoms with Crippen molar-refractivity contribution in [2.75, 3.05) is 23.4 Å². The van der Waals surface area contributed by atoms with Gasteiger partial charge in [-0.25, -0.2) is 4.98 Å². The summed E-state index contributed by atoms with van der Waals surface area (Å²) in [5.74, 6) is 1.46. The minimum atomic E-state index is -0.246. The van der Waals surface area contributed by atoms with Crippen LogP contribution >= 0.6 is 0 Å². The van der Waals surface area contributed by atoms with Crippen molar-refractivity contribution in [3.05, 3.63) is 72.4 Å². The number of carbonyl (C=O) groups is 2. The van der Waals surface area contributed by atoms with Gasteiger partial charge in [0.2, 0.25) is 17.7 Å². The molecule has 158 valence electrons. The summed E-state index contributed by atoms with van der Waals surface area (Å²) in [7, 11) is 0. The highest BCUT2D eigenvalue weighted by molar-refractivity contribution is 5.99. The number of nitrogens with zero attached hydrogens (tertiary/aromatic N) is 2. The number of rotatable bonds is 6. The minimum absolute atomic E-state index is 0.0833. The van der Waals surface area contributed by atoms with Gasteiger partial charge in [-0.2, -0.15) is 0 Å². The fourth-order valence-electron chi connectivity index (χ4n) is 3.25. The largest absolute Gasteiger partial charge is 0.490 e. The number of hydrogen-bond donors (Lipinski definition) is 1. The van der Waals surface area contributed by atoms with E-state index >= 15 is 0 Å². The van der Waals surface area contributed by atoms with Gasteiger partial charge in [-0.1, -0.05) is 29.8 Å². The van der Waals surface area contributed by atoms with Crippen molar-refractivity contribution < 1.29 is 19.1 Å². The lowest BCUT2D eigenvalue weighted by Crippen LogP contribution is -2.38. The maximum absolute atomic E-state index is 12.6. The van der Waals surface area contributed by atoms with Crippen molar-refractivity contribution in [2.45, 2.75) is 19.8 Å². The number of amides is 2. The summed E-state index contributed by atoms with van der Waals surface area (Å²) in [5, 5.41) is 2.77. The summed E-state index contributed by atoms with van der Waals surface area (Å²) in [4.78, 5) is 30.8. The second-order valence-corrected chi connectivity index (χ2v) is 7.21. The zero-order valence-corrected chi connectivity index (χ0v) is 17.2. The van der Waals surface area contributed by atoms with Gasteiger partial charge in [0.1, 0.15) is 18.1 Å². The Morgan fingerprint density at radius 2 is 1.87 bits per heavy atom. The number of hydrogen-bond acceptors (Lipinski definition) is 5. The van der Waals surface area contributed by atoms with E-state index in [-0.39, 0.29) is 24.7 Å². The molecule has 0 unspecified atom stereocenters. The Morgan fingerprint density at radius 1 is 1.06 bits per heavy atom. The van der Waals surface area contributed by atoms with E-state index in [0.29, 0.717) is 36.2 Å². The van der Waals surface area contributed by atoms with Crippen molar-refractivity contribution in [3.8, 4) is 17.4 Å². The zero-order chi connectivity index (χ0) is 21.6. The fourth-order valence-corrected chi connectivity index (χ4v) is 3.25. The molecule has 7 heteroatoms. The number of anilines is 2. The average molecular weight is 417 g/mol. The predicted molar refractivity (Wildman–Crippen MR) is 118 cm³/mol. The van der Waals surface area contributed by atoms with Crippen LogP contribution in [0.4, 0.5) is 11.4 Å². The first-order valence-electron chi connectivity index (χ1n) is 10.1. The average Bonchev–Trinajstić information content (AvgIpc) is 2.80. The summed E-state index contributed by atoms with van der Waals surface area (Å²) in [6, 6.07) is 18.5. The minimum Gasteiger partial charge on any atom is -0.490 e. The van der Waals surface area contributed by atoms with Crippen molar-refractivity contribution >= 4 is 23.2 Å². The molecular formula is C24H23N3O4. The van der Waals surface area contributed by atoms with Crippen molar-refractivity contribution in [3.63, 3.8) is 0 Å². The highest BCUT2D eigenvalue weighted by Crippen LogP contribution is 2.31. The van der Waals surface area contributed by atoms with Gasteiger partial charge in [-0.05, 0) is 37.3 Å². The topological polar surface area (TPSA) is 80.8 Å². The van der Waals surface area contributed by atoms with E-state index in [9.17, 15) is 9.59 Å². The van der Waals surface area contributed by atoms with Gasteiger partial charge >= 0.3 is 0 Å². The number of para-hydroxylation sites is 2. The zero-order valence-electron chi connectivity index (χ0n) is 17.2. The molecule has 4 rings (SSSR count). The molecule has 0 fully saturated rings. The van der Waals surface area contributed by atoms with Gasteiger partial charge in [0.25, 0.3) is 0 Å². The third-order valence-corrected chi connectivity index (χ3v) is 4.86. The number of pyridine rings is 1. The highest BCUT2D eigenvalue weighted by atomic mass is 16.5. The van der Waals surface area contributed by atoms with Crippen LogP contribution in [0.3, 0.4) is 0 Å². The molecular weight excluding hydrogens is 394 g/mol. The van der Waals surface area contributed by atoms with E-state index in [1.54, 1.807) is 17.0 Å². The summed E-state index contributed by atoms with van der Waals surface area (Å²) >= 11 is 0. The smallest absolute Gasteiger partial charge is 0.227 e. The van der Waals surface area contributed by atoms with Crippen molar-refractivity contribution in [2.24, 2.45) is 0 Å². The maximum atomic E-state index is 12.6. The summed E-state index contributed by atoms with van der Waals surface area (Å²) in [5.41, 5.74) is 2.44. The summed E-state index contributed by atoms with van der Waals surface area (Å²) < 4.78 is 11.3. The van der Waals surface area contributed by atoms with E-state index in [0.717, 1.165) is 11.3 Å². The van der Waals surface area contributed by atoms with E-state index in [2.05, 4.69) is 10.3 Å². The van der Waals surface area contributed by atoms with Crippen LogP contribution in [0, 0.1) is 6.92 Å². The first-order valence-corrected chi connectivity index (χ1v) is 10.1. The lowest BCUT2D eigenvalue weighted by molar-refractivity contribution is -0.122. The van der Waals surface area contributed by atoms with Crippen molar-refractivity contribution in [1.82, 2.24) is 4.98 Å². The number of carbonyl (C=O) groups excluding carboxylic acids is 2. The molecule has 0 aliphatic carbocycles. The Hall–Kier alpha value is -3.87. The fraction of sp³-hybridized carbons (Fsp3) is 0.208. The highest BCUT2D eigenvalue weighted by Gasteiger charge is 2.23. The first kappa shape index (κ1) is 20.4. The standard InChI is InChI=1S/C24H23N3O4/c1-17-6-9-19(10-7-17)31-23-12-8-18(16-25-23)26-22(28)11-13-24(29)27-14-15-30-21-5-3-2-4-20(21)27/h2-10,12,16H,11,13-15H2,1H3,(H,26,28). The third kappa shape index (κ3) is 5.19. The predicted octanol–water partition coefficient (Wildman–Crippen LogP) is 4.33. The second kappa shape index (κ2) is 9.30. The molecule has 3 aromatic rings. The number of aryl methyl sites for hydroxylation is 1. The number of fused-ring (bicyclic) bond motifs is 1. The number of aromatic nitrogens is 1. The van der Waals surface area contributed by atoms with Crippen LogP contribution in [0.2, 0.25) is 0 Å². The molecule has 2 aromatic carbocycles. The molecule has 2 heterocycles. The maximum Gasteiger partial charge on any atom is 0.227 e. The number of benzene rings is 2. The lowest BCUT2D eigenvalue weighted by Gasteiger charge is -2.29. The molecule has 0 radical (unpaired) electrons. The quantitative estimate of drug-likeness (QED) is 0.646. The molecule has 1 aromatic heterocycles. The number of ether oxygens (including phenoxy) is 2. The molecule has 1 N–H and O–H groups in total. The van der Waals surface area contributed by atoms with Crippen LogP contribution in [0.25, 0.3) is 0 Å². The van der Waals surface area contributed by atoms with Crippen LogP contribution in [-0.4, -0.2) is 29.9 Å². The van der Waals surface area contributed by atoms with Crippen LogP contribution in [0.1, 0.15) is 18.4 Å². The van der Waals surface area contributed by atoms with Gasteiger partial charge in [-0.3, -0.25) is 9.59 Å². The number of nitrogens with one attached hydrogen (secondary N) is 1. The molecule has 0 spiro atoms. The molecule has 7 nitrogen and oxygen atoms in total. The Bertz CT molecular complexity index is 1060. The molecule has 0 saturated carbocycles. The molecule has 0 saturated heterocycles. The van der Waals surface area contributed by atoms with Crippen LogP contribution in [0.15, 0.2) is 66.9 Å².